The fourth-order valence-electron chi connectivity index (χ4n) is 3.06. The molecule has 0 fully saturated rings. The van der Waals surface area contributed by atoms with Crippen LogP contribution in [0.2, 0.25) is 0 Å². The number of nitrogens with zero attached hydrogens (tertiary/aromatic N) is 2. The zero-order valence-electron chi connectivity index (χ0n) is 18.0. The molecule has 3 aromatic rings. The van der Waals surface area contributed by atoms with Gasteiger partial charge in [0.2, 0.25) is 0 Å². The molecule has 2 aromatic carbocycles. The van der Waals surface area contributed by atoms with Crippen molar-refractivity contribution >= 4 is 6.03 Å². The molecule has 1 N–H and O–H groups in total. The summed E-state index contributed by atoms with van der Waals surface area (Å²) in [5.74, 6) is 1.41. The standard InChI is InChI=1S/C23H26FN3O4/c1-15(2)25-23(28)27(13-16-5-8-18(24)9-6-16)14-19-12-21(31-26-19)17-7-10-20(29-3)22(11-17)30-4/h5-12,15H,13-14H2,1-4H3,(H,25,28). The Morgan fingerprint density at radius 1 is 1.06 bits per heavy atom. The van der Waals surface area contributed by atoms with E-state index < -0.39 is 0 Å². The lowest BCUT2D eigenvalue weighted by molar-refractivity contribution is 0.188. The Morgan fingerprint density at radius 3 is 2.42 bits per heavy atom. The lowest BCUT2D eigenvalue weighted by atomic mass is 10.1. The topological polar surface area (TPSA) is 76.8 Å². The summed E-state index contributed by atoms with van der Waals surface area (Å²) >= 11 is 0. The highest BCUT2D eigenvalue weighted by molar-refractivity contribution is 5.74. The lowest BCUT2D eigenvalue weighted by Crippen LogP contribution is -2.42. The van der Waals surface area contributed by atoms with E-state index in [0.717, 1.165) is 11.1 Å². The van der Waals surface area contributed by atoms with Gasteiger partial charge in [-0.25, -0.2) is 9.18 Å². The van der Waals surface area contributed by atoms with Crippen molar-refractivity contribution < 1.29 is 23.2 Å². The van der Waals surface area contributed by atoms with Crippen molar-refractivity contribution in [1.82, 2.24) is 15.4 Å². The molecular weight excluding hydrogens is 401 g/mol. The second kappa shape index (κ2) is 9.97. The van der Waals surface area contributed by atoms with Crippen molar-refractivity contribution in [1.29, 1.82) is 0 Å². The third-order valence-corrected chi connectivity index (χ3v) is 4.57. The van der Waals surface area contributed by atoms with E-state index in [1.165, 1.54) is 12.1 Å². The fourth-order valence-corrected chi connectivity index (χ4v) is 3.06. The molecular formula is C23H26FN3O4. The molecule has 2 amide bonds. The smallest absolute Gasteiger partial charge is 0.318 e. The third kappa shape index (κ3) is 5.75. The first-order chi connectivity index (χ1) is 14.9. The van der Waals surface area contributed by atoms with Crippen LogP contribution in [0.3, 0.4) is 0 Å². The van der Waals surface area contributed by atoms with Crippen LogP contribution in [-0.4, -0.2) is 36.3 Å². The maximum Gasteiger partial charge on any atom is 0.318 e. The quantitative estimate of drug-likeness (QED) is 0.568. The number of aromatic nitrogens is 1. The minimum atomic E-state index is -0.321. The highest BCUT2D eigenvalue weighted by Gasteiger charge is 2.18. The van der Waals surface area contributed by atoms with E-state index in [0.29, 0.717) is 29.5 Å². The number of amides is 2. The first-order valence-electron chi connectivity index (χ1n) is 9.87. The number of halogens is 1. The molecule has 164 valence electrons. The number of nitrogens with one attached hydrogen (secondary N) is 1. The van der Waals surface area contributed by atoms with E-state index in [9.17, 15) is 9.18 Å². The van der Waals surface area contributed by atoms with Crippen LogP contribution < -0.4 is 14.8 Å². The van der Waals surface area contributed by atoms with Crippen LogP contribution in [0.1, 0.15) is 25.1 Å². The molecule has 0 aliphatic carbocycles. The Morgan fingerprint density at radius 2 is 1.77 bits per heavy atom. The van der Waals surface area contributed by atoms with Gasteiger partial charge in [-0.15, -0.1) is 0 Å². The molecule has 1 aromatic heterocycles. The number of carbonyl (C=O) groups excluding carboxylic acids is 1. The molecule has 0 saturated carbocycles. The van der Waals surface area contributed by atoms with Crippen LogP contribution in [0.5, 0.6) is 11.5 Å². The number of hydrogen-bond acceptors (Lipinski definition) is 5. The molecule has 3 rings (SSSR count). The van der Waals surface area contributed by atoms with Gasteiger partial charge in [-0.2, -0.15) is 0 Å². The number of rotatable bonds is 8. The molecule has 1 heterocycles. The van der Waals surface area contributed by atoms with Gasteiger partial charge in [-0.3, -0.25) is 0 Å². The summed E-state index contributed by atoms with van der Waals surface area (Å²) in [5, 5.41) is 7.00. The van der Waals surface area contributed by atoms with Crippen molar-refractivity contribution in [3.05, 3.63) is 65.6 Å². The third-order valence-electron chi connectivity index (χ3n) is 4.57. The first kappa shape index (κ1) is 22.1. The Bertz CT molecular complexity index is 1020. The number of carbonyl (C=O) groups is 1. The molecule has 0 radical (unpaired) electrons. The summed E-state index contributed by atoms with van der Waals surface area (Å²) in [7, 11) is 3.14. The Balaban J connectivity index is 1.80. The normalized spacial score (nSPS) is 10.8. The van der Waals surface area contributed by atoms with Crippen LogP contribution in [0.25, 0.3) is 11.3 Å². The minimum absolute atomic E-state index is 0.0251. The minimum Gasteiger partial charge on any atom is -0.493 e. The monoisotopic (exact) mass is 427 g/mol. The van der Waals surface area contributed by atoms with Crippen LogP contribution in [0, 0.1) is 5.82 Å². The molecule has 0 aliphatic heterocycles. The van der Waals surface area contributed by atoms with Gasteiger partial charge in [-0.05, 0) is 49.7 Å². The number of ether oxygens (including phenoxy) is 2. The van der Waals surface area contributed by atoms with E-state index in [4.69, 9.17) is 14.0 Å². The molecule has 0 spiro atoms. The predicted octanol–water partition coefficient (Wildman–Crippen LogP) is 4.62. The molecule has 7 nitrogen and oxygen atoms in total. The SMILES string of the molecule is COc1ccc(-c2cc(CN(Cc3ccc(F)cc3)C(=O)NC(C)C)no2)cc1OC. The van der Waals surface area contributed by atoms with Gasteiger partial charge in [0.1, 0.15) is 11.5 Å². The van der Waals surface area contributed by atoms with E-state index in [1.54, 1.807) is 49.5 Å². The predicted molar refractivity (Wildman–Crippen MR) is 114 cm³/mol. The average Bonchev–Trinajstić information content (AvgIpc) is 3.22. The van der Waals surface area contributed by atoms with Gasteiger partial charge >= 0.3 is 6.03 Å². The van der Waals surface area contributed by atoms with Crippen LogP contribution in [0.15, 0.2) is 53.1 Å². The molecule has 8 heteroatoms. The molecule has 31 heavy (non-hydrogen) atoms. The zero-order valence-corrected chi connectivity index (χ0v) is 18.0. The molecule has 0 saturated heterocycles. The number of urea groups is 1. The van der Waals surface area contributed by atoms with Gasteiger partial charge in [0.05, 0.1) is 20.8 Å². The van der Waals surface area contributed by atoms with E-state index in [1.807, 2.05) is 19.9 Å². The van der Waals surface area contributed by atoms with Gasteiger partial charge in [-0.1, -0.05) is 17.3 Å². The Kier molecular flexibility index (Phi) is 7.12. The summed E-state index contributed by atoms with van der Waals surface area (Å²) in [5.41, 5.74) is 2.17. The summed E-state index contributed by atoms with van der Waals surface area (Å²) < 4.78 is 29.3. The van der Waals surface area contributed by atoms with Crippen LogP contribution >= 0.6 is 0 Å². The van der Waals surface area contributed by atoms with Crippen molar-refractivity contribution in [2.45, 2.75) is 33.0 Å². The zero-order chi connectivity index (χ0) is 22.4. The van der Waals surface area contributed by atoms with E-state index >= 15 is 0 Å². The maximum atomic E-state index is 13.2. The van der Waals surface area contributed by atoms with Crippen LogP contribution in [0.4, 0.5) is 9.18 Å². The number of methoxy groups -OCH3 is 2. The maximum absolute atomic E-state index is 13.2. The van der Waals surface area contributed by atoms with Crippen molar-refractivity contribution in [2.24, 2.45) is 0 Å². The van der Waals surface area contributed by atoms with E-state index in [2.05, 4.69) is 10.5 Å². The average molecular weight is 427 g/mol. The second-order valence-electron chi connectivity index (χ2n) is 7.34. The summed E-state index contributed by atoms with van der Waals surface area (Å²) in [4.78, 5) is 14.3. The van der Waals surface area contributed by atoms with Gasteiger partial charge in [0.25, 0.3) is 0 Å². The van der Waals surface area contributed by atoms with Gasteiger partial charge < -0.3 is 24.2 Å². The Labute approximate surface area is 180 Å². The summed E-state index contributed by atoms with van der Waals surface area (Å²) in [6.07, 6.45) is 0. The molecule has 0 atom stereocenters. The van der Waals surface area contributed by atoms with E-state index in [-0.39, 0.29) is 24.4 Å². The second-order valence-corrected chi connectivity index (χ2v) is 7.34. The molecule has 0 bridgehead atoms. The van der Waals surface area contributed by atoms with Crippen LogP contribution in [-0.2, 0) is 13.1 Å². The van der Waals surface area contributed by atoms with Crippen molar-refractivity contribution in [2.75, 3.05) is 14.2 Å². The lowest BCUT2D eigenvalue weighted by Gasteiger charge is -2.23. The number of benzene rings is 2. The van der Waals surface area contributed by atoms with Crippen molar-refractivity contribution in [3.63, 3.8) is 0 Å². The highest BCUT2D eigenvalue weighted by Crippen LogP contribution is 2.32. The highest BCUT2D eigenvalue weighted by atomic mass is 19.1. The molecule has 0 unspecified atom stereocenters. The Hall–Kier alpha value is -3.55. The first-order valence-corrected chi connectivity index (χ1v) is 9.87. The molecule has 0 aliphatic rings. The summed E-state index contributed by atoms with van der Waals surface area (Å²) in [6.45, 7) is 4.31. The fraction of sp³-hybridized carbons (Fsp3) is 0.304. The van der Waals surface area contributed by atoms with Crippen molar-refractivity contribution in [3.8, 4) is 22.8 Å². The number of hydrogen-bond donors (Lipinski definition) is 1. The largest absolute Gasteiger partial charge is 0.493 e. The van der Waals surface area contributed by atoms with Gasteiger partial charge in [0, 0.05) is 24.2 Å². The van der Waals surface area contributed by atoms with Gasteiger partial charge in [0.15, 0.2) is 17.3 Å². The summed E-state index contributed by atoms with van der Waals surface area (Å²) in [6, 6.07) is 13.0.